The van der Waals surface area contributed by atoms with E-state index in [2.05, 4.69) is 42.0 Å². The van der Waals surface area contributed by atoms with E-state index in [-0.39, 0.29) is 24.8 Å². The molecule has 1 rings (SSSR count). The first-order valence-electron chi connectivity index (χ1n) is 9.68. The molecule has 145 valence electrons. The fourth-order valence-corrected chi connectivity index (χ4v) is 12.3. The molecule has 0 unspecified atom stereocenters. The zero-order chi connectivity index (χ0) is 16.9. The molecule has 0 heterocycles. The molecular weight excluding hydrogens is 405 g/mol. The van der Waals surface area contributed by atoms with Gasteiger partial charge in [0.15, 0.2) is 0 Å². The van der Waals surface area contributed by atoms with E-state index in [1.165, 1.54) is 51.4 Å². The van der Waals surface area contributed by atoms with Crippen LogP contribution < -0.4 is 28.6 Å². The van der Waals surface area contributed by atoms with E-state index in [1.807, 2.05) is 0 Å². The van der Waals surface area contributed by atoms with Crippen molar-refractivity contribution >= 4 is 12.6 Å². The molecule has 0 radical (unpaired) electrons. The van der Waals surface area contributed by atoms with Gasteiger partial charge in [0.1, 0.15) is 0 Å². The predicted octanol–water partition coefficient (Wildman–Crippen LogP) is -0.608. The monoisotopic (exact) mass is 440 g/mol. The van der Waals surface area contributed by atoms with Gasteiger partial charge in [-0.1, -0.05) is 6.92 Å². The molecule has 0 aliphatic heterocycles. The third kappa shape index (κ3) is 13.3. The summed E-state index contributed by atoms with van der Waals surface area (Å²) < 4.78 is 5.04. The molecule has 0 aromatic heterocycles. The number of allylic oxidation sites excluding steroid dienone is 4. The third-order valence-corrected chi connectivity index (χ3v) is 15.7. The minimum Gasteiger partial charge on any atom is -1.00 e. The van der Waals surface area contributed by atoms with Crippen LogP contribution in [-0.4, -0.2) is 12.6 Å². The number of hydrogen-bond acceptors (Lipinski definition) is 1. The van der Waals surface area contributed by atoms with E-state index >= 15 is 0 Å². The Labute approximate surface area is 175 Å². The molecule has 25 heavy (non-hydrogen) atoms. The van der Waals surface area contributed by atoms with Gasteiger partial charge in [-0.05, 0) is 0 Å². The van der Waals surface area contributed by atoms with Crippen LogP contribution >= 0.6 is 0 Å². The molecular formula is C19H36Cl2NOSiTi. The van der Waals surface area contributed by atoms with E-state index < -0.39 is 24.0 Å². The number of carbonyl (C=O) groups excluding carboxylic acids is 1. The number of rotatable bonds is 13. The topological polar surface area (TPSA) is 29.1 Å². The second kappa shape index (κ2) is 17.9. The second-order valence-electron chi connectivity index (χ2n) is 7.02. The molecule has 0 atom stereocenters. The van der Waals surface area contributed by atoms with Crippen molar-refractivity contribution in [1.82, 2.24) is 3.80 Å². The molecule has 1 aliphatic rings. The average molecular weight is 441 g/mol. The Morgan fingerprint density at radius 3 is 2.08 bits per heavy atom. The number of nitrogens with one attached hydrogen (secondary N) is 1. The van der Waals surface area contributed by atoms with Gasteiger partial charge in [-0.2, -0.15) is 0 Å². The van der Waals surface area contributed by atoms with Crippen molar-refractivity contribution in [1.29, 1.82) is 0 Å². The number of carbonyl (C=O) groups is 1. The van der Waals surface area contributed by atoms with Crippen molar-refractivity contribution in [3.8, 4) is 0 Å². The smallest absolute Gasteiger partial charge is 1.00 e. The van der Waals surface area contributed by atoms with Crippen LogP contribution in [0.25, 0.3) is 0 Å². The molecule has 1 amide bonds. The number of hydrogen-bond donors (Lipinski definition) is 1. The molecule has 0 saturated carbocycles. The van der Waals surface area contributed by atoms with Crippen molar-refractivity contribution in [3.63, 3.8) is 0 Å². The van der Waals surface area contributed by atoms with Crippen LogP contribution in [0, 0.1) is 0 Å². The van der Waals surface area contributed by atoms with E-state index in [0.29, 0.717) is 5.91 Å². The molecule has 0 bridgehead atoms. The Hall–Kier alpha value is 0.461. The van der Waals surface area contributed by atoms with Gasteiger partial charge in [0, 0.05) is 0 Å². The van der Waals surface area contributed by atoms with E-state index in [9.17, 15) is 4.79 Å². The van der Waals surface area contributed by atoms with Crippen LogP contribution in [0.3, 0.4) is 0 Å². The summed E-state index contributed by atoms with van der Waals surface area (Å²) in [5, 5.41) is 0. The zero-order valence-electron chi connectivity index (χ0n) is 16.3. The molecule has 6 heteroatoms. The minimum atomic E-state index is -1.46. The molecule has 0 spiro atoms. The first-order valence-corrected chi connectivity index (χ1v) is 16.8. The maximum atomic E-state index is 12.2. The van der Waals surface area contributed by atoms with Crippen LogP contribution in [0.1, 0.15) is 77.6 Å². The van der Waals surface area contributed by atoms with Gasteiger partial charge in [0.05, 0.1) is 0 Å². The molecule has 0 fully saturated rings. The number of unbranched alkanes of at least 4 members (excludes halogenated alkanes) is 8. The van der Waals surface area contributed by atoms with Crippen molar-refractivity contribution in [3.05, 3.63) is 22.1 Å². The van der Waals surface area contributed by atoms with Crippen molar-refractivity contribution in [2.24, 2.45) is 0 Å². The largest absolute Gasteiger partial charge is 1.00 e. The predicted molar refractivity (Wildman–Crippen MR) is 101 cm³/mol. The Bertz CT molecular complexity index is 403. The molecule has 0 aromatic carbocycles. The Morgan fingerprint density at radius 2 is 1.60 bits per heavy atom. The maximum absolute atomic E-state index is 12.2. The summed E-state index contributed by atoms with van der Waals surface area (Å²) in [5.74, 6) is 0.331. The van der Waals surface area contributed by atoms with E-state index in [4.69, 9.17) is 0 Å². The summed E-state index contributed by atoms with van der Waals surface area (Å²) >= 11 is -1.46. The van der Waals surface area contributed by atoms with Crippen LogP contribution in [0.15, 0.2) is 22.1 Å². The summed E-state index contributed by atoms with van der Waals surface area (Å²) in [5.41, 5.74) is 0. The van der Waals surface area contributed by atoms with Crippen LogP contribution in [-0.2, 0) is 22.2 Å². The summed E-state index contributed by atoms with van der Waals surface area (Å²) in [6, 6.07) is 0. The first kappa shape index (κ1) is 27.7. The van der Waals surface area contributed by atoms with Gasteiger partial charge >= 0.3 is 144 Å². The van der Waals surface area contributed by atoms with E-state index in [0.717, 1.165) is 19.3 Å². The first-order chi connectivity index (χ1) is 11.1. The van der Waals surface area contributed by atoms with Crippen LogP contribution in [0.4, 0.5) is 0 Å². The number of amides is 1. The van der Waals surface area contributed by atoms with Gasteiger partial charge in [0.2, 0.25) is 0 Å². The molecule has 1 N–H and O–H groups in total. The second-order valence-corrected chi connectivity index (χ2v) is 19.8. The summed E-state index contributed by atoms with van der Waals surface area (Å²) in [6.45, 7) is 6.32. The zero-order valence-corrected chi connectivity index (χ0v) is 20.5. The standard InChI is InChI=1S/C12H25NO.C5H5.C2H7Si.2ClH.Ti/c1-2-3-4-5-6-7-8-9-10-11-12(13)14;1-2-4-5-3-1;1-3-2;;;/h2-11H2,1H3,(H2,13,14);1-3H,4H2;3H,1-2H3;2*1H;/q;;;;;+3/p-3. The quantitative estimate of drug-likeness (QED) is 0.300. The van der Waals surface area contributed by atoms with Crippen molar-refractivity contribution in [2.75, 3.05) is 0 Å². The van der Waals surface area contributed by atoms with Gasteiger partial charge in [0.25, 0.3) is 0 Å². The normalized spacial score (nSPS) is 12.4. The van der Waals surface area contributed by atoms with Crippen LogP contribution in [0.2, 0.25) is 13.1 Å². The summed E-state index contributed by atoms with van der Waals surface area (Å²) in [6.07, 6.45) is 20.3. The van der Waals surface area contributed by atoms with Crippen molar-refractivity contribution < 1.29 is 47.0 Å². The SMILES string of the molecule is CCCCCCCCCCCC(=O)[NH][Ti+2]([C]1=CC=CC1)[SiH](C)C.[Cl-].[Cl-]. The van der Waals surface area contributed by atoms with E-state index in [1.54, 1.807) is 3.88 Å². The molecule has 2 nitrogen and oxygen atoms in total. The minimum absolute atomic E-state index is 0. The average Bonchev–Trinajstić information content (AvgIpc) is 3.04. The molecule has 1 aliphatic carbocycles. The summed E-state index contributed by atoms with van der Waals surface area (Å²) in [4.78, 5) is 12.2. The Balaban J connectivity index is 0. The Kier molecular flexibility index (Phi) is 19.8. The van der Waals surface area contributed by atoms with Crippen molar-refractivity contribution in [2.45, 2.75) is 90.6 Å². The summed E-state index contributed by atoms with van der Waals surface area (Å²) in [7, 11) is 0. The molecule has 0 saturated heterocycles. The van der Waals surface area contributed by atoms with Gasteiger partial charge in [-0.3, -0.25) is 0 Å². The molecule has 0 aromatic rings. The van der Waals surface area contributed by atoms with Gasteiger partial charge < -0.3 is 24.8 Å². The van der Waals surface area contributed by atoms with Crippen LogP contribution in [0.5, 0.6) is 0 Å². The maximum Gasteiger partial charge on any atom is -1.00 e. The van der Waals surface area contributed by atoms with Gasteiger partial charge in [-0.25, -0.2) is 0 Å². The third-order valence-electron chi connectivity index (χ3n) is 4.48. The fraction of sp³-hybridized carbons (Fsp3) is 0.737. The fourth-order valence-electron chi connectivity index (χ4n) is 3.05. The Morgan fingerprint density at radius 1 is 1.04 bits per heavy atom. The number of halogens is 2. The van der Waals surface area contributed by atoms with Gasteiger partial charge in [-0.15, -0.1) is 0 Å².